The fourth-order valence-corrected chi connectivity index (χ4v) is 4.00. The maximum absolute atomic E-state index is 6.68. The van der Waals surface area contributed by atoms with Crippen molar-refractivity contribution in [2.75, 3.05) is 13.1 Å². The molecule has 3 rings (SSSR count). The summed E-state index contributed by atoms with van der Waals surface area (Å²) in [5, 5.41) is 3.68. The molecule has 1 aliphatic heterocycles. The minimum Gasteiger partial charge on any atom is -0.366 e. The zero-order valence-corrected chi connectivity index (χ0v) is 10.4. The first-order valence-corrected chi connectivity index (χ1v) is 7.24. The Kier molecular flexibility index (Phi) is 2.97. The van der Waals surface area contributed by atoms with Crippen LogP contribution < -0.4 is 5.32 Å². The number of ether oxygens (including phenoxy) is 1. The second-order valence-electron chi connectivity index (χ2n) is 6.19. The van der Waals surface area contributed by atoms with Gasteiger partial charge in [-0.05, 0) is 25.7 Å². The Bertz CT molecular complexity index is 204. The average Bonchev–Trinajstić information content (AvgIpc) is 2.31. The summed E-state index contributed by atoms with van der Waals surface area (Å²) < 4.78 is 6.68. The molecular weight excluding hydrogens is 198 g/mol. The lowest BCUT2D eigenvalue weighted by Gasteiger charge is -2.52. The first kappa shape index (κ1) is 11.0. The molecule has 2 saturated carbocycles. The smallest absolute Gasteiger partial charge is 0.0814 e. The van der Waals surface area contributed by atoms with E-state index in [-0.39, 0.29) is 11.2 Å². The highest BCUT2D eigenvalue weighted by atomic mass is 16.5. The van der Waals surface area contributed by atoms with Gasteiger partial charge in [-0.3, -0.25) is 0 Å². The Morgan fingerprint density at radius 1 is 0.625 bits per heavy atom. The highest BCUT2D eigenvalue weighted by molar-refractivity contribution is 4.99. The van der Waals surface area contributed by atoms with Gasteiger partial charge in [0, 0.05) is 13.1 Å². The number of hydrogen-bond acceptors (Lipinski definition) is 2. The van der Waals surface area contributed by atoms with Gasteiger partial charge >= 0.3 is 0 Å². The van der Waals surface area contributed by atoms with E-state index in [9.17, 15) is 0 Å². The van der Waals surface area contributed by atoms with Gasteiger partial charge in [-0.2, -0.15) is 0 Å². The Morgan fingerprint density at radius 3 is 1.50 bits per heavy atom. The molecule has 2 nitrogen and oxygen atoms in total. The van der Waals surface area contributed by atoms with Gasteiger partial charge in [0.1, 0.15) is 0 Å². The average molecular weight is 223 g/mol. The van der Waals surface area contributed by atoms with Crippen LogP contribution in [0.3, 0.4) is 0 Å². The molecule has 0 aromatic rings. The highest BCUT2D eigenvalue weighted by Crippen LogP contribution is 2.42. The monoisotopic (exact) mass is 223 g/mol. The van der Waals surface area contributed by atoms with Crippen LogP contribution in [0.5, 0.6) is 0 Å². The maximum atomic E-state index is 6.68. The lowest BCUT2D eigenvalue weighted by Crippen LogP contribution is -2.61. The van der Waals surface area contributed by atoms with Crippen LogP contribution in [0, 0.1) is 0 Å². The van der Waals surface area contributed by atoms with Crippen molar-refractivity contribution >= 4 is 0 Å². The largest absolute Gasteiger partial charge is 0.366 e. The van der Waals surface area contributed by atoms with E-state index in [1.807, 2.05) is 0 Å². The SMILES string of the molecule is C1CCC2(CC1)CNCC1(CCCCC1)O2. The molecule has 2 aliphatic carbocycles. The fourth-order valence-electron chi connectivity index (χ4n) is 4.00. The van der Waals surface area contributed by atoms with Crippen molar-refractivity contribution in [2.45, 2.75) is 75.4 Å². The minimum absolute atomic E-state index is 0.216. The topological polar surface area (TPSA) is 21.3 Å². The Hall–Kier alpha value is -0.0800. The van der Waals surface area contributed by atoms with Crippen LogP contribution in [0.4, 0.5) is 0 Å². The Morgan fingerprint density at radius 2 is 1.06 bits per heavy atom. The normalized spacial score (nSPS) is 33.0. The molecule has 1 heterocycles. The second-order valence-corrected chi connectivity index (χ2v) is 6.19. The van der Waals surface area contributed by atoms with Gasteiger partial charge in [0.2, 0.25) is 0 Å². The molecule has 0 amide bonds. The molecule has 0 aromatic heterocycles. The zero-order valence-electron chi connectivity index (χ0n) is 10.4. The minimum atomic E-state index is 0.216. The Balaban J connectivity index is 1.72. The molecule has 1 N–H and O–H groups in total. The van der Waals surface area contributed by atoms with E-state index in [2.05, 4.69) is 5.32 Å². The fraction of sp³-hybridized carbons (Fsp3) is 1.00. The van der Waals surface area contributed by atoms with Crippen molar-refractivity contribution in [3.05, 3.63) is 0 Å². The molecule has 1 saturated heterocycles. The summed E-state index contributed by atoms with van der Waals surface area (Å²) in [6.07, 6.45) is 13.5. The van der Waals surface area contributed by atoms with Crippen LogP contribution >= 0.6 is 0 Å². The lowest BCUT2D eigenvalue weighted by atomic mass is 9.78. The quantitative estimate of drug-likeness (QED) is 0.681. The first-order chi connectivity index (χ1) is 7.83. The van der Waals surface area contributed by atoms with Crippen LogP contribution in [0.2, 0.25) is 0 Å². The van der Waals surface area contributed by atoms with E-state index in [0.717, 1.165) is 13.1 Å². The van der Waals surface area contributed by atoms with Crippen LogP contribution in [0.15, 0.2) is 0 Å². The third-order valence-corrected chi connectivity index (χ3v) is 4.86. The maximum Gasteiger partial charge on any atom is 0.0814 e. The van der Waals surface area contributed by atoms with Crippen LogP contribution in [-0.4, -0.2) is 24.3 Å². The summed E-state index contributed by atoms with van der Waals surface area (Å²) in [5.74, 6) is 0. The summed E-state index contributed by atoms with van der Waals surface area (Å²) in [6, 6.07) is 0. The summed E-state index contributed by atoms with van der Waals surface area (Å²) in [7, 11) is 0. The summed E-state index contributed by atoms with van der Waals surface area (Å²) in [5.41, 5.74) is 0.432. The number of nitrogens with one attached hydrogen (secondary N) is 1. The van der Waals surface area contributed by atoms with Crippen LogP contribution in [-0.2, 0) is 4.74 Å². The van der Waals surface area contributed by atoms with E-state index in [1.165, 1.54) is 64.2 Å². The molecule has 0 aromatic carbocycles. The standard InChI is InChI=1S/C14H25NO/c1-3-7-13(8-4-1)11-15-12-14(16-13)9-5-2-6-10-14/h15H,1-12H2. The lowest BCUT2D eigenvalue weighted by molar-refractivity contribution is -0.202. The van der Waals surface area contributed by atoms with Crippen molar-refractivity contribution in [2.24, 2.45) is 0 Å². The van der Waals surface area contributed by atoms with Crippen molar-refractivity contribution in [1.29, 1.82) is 0 Å². The molecule has 2 spiro atoms. The van der Waals surface area contributed by atoms with Crippen molar-refractivity contribution in [3.63, 3.8) is 0 Å². The van der Waals surface area contributed by atoms with Crippen LogP contribution in [0.1, 0.15) is 64.2 Å². The van der Waals surface area contributed by atoms with E-state index in [1.54, 1.807) is 0 Å². The summed E-state index contributed by atoms with van der Waals surface area (Å²) in [6.45, 7) is 2.21. The van der Waals surface area contributed by atoms with Gasteiger partial charge in [0.25, 0.3) is 0 Å². The molecule has 3 fully saturated rings. The molecule has 0 radical (unpaired) electrons. The molecule has 3 aliphatic rings. The molecule has 0 atom stereocenters. The van der Waals surface area contributed by atoms with Crippen LogP contribution in [0.25, 0.3) is 0 Å². The van der Waals surface area contributed by atoms with Gasteiger partial charge < -0.3 is 10.1 Å². The predicted octanol–water partition coefficient (Wildman–Crippen LogP) is 3.01. The van der Waals surface area contributed by atoms with Gasteiger partial charge in [-0.15, -0.1) is 0 Å². The van der Waals surface area contributed by atoms with Crippen molar-refractivity contribution in [1.82, 2.24) is 5.32 Å². The van der Waals surface area contributed by atoms with Gasteiger partial charge in [0.05, 0.1) is 11.2 Å². The van der Waals surface area contributed by atoms with E-state index in [0.29, 0.717) is 0 Å². The number of rotatable bonds is 0. The zero-order chi connectivity index (χ0) is 10.9. The van der Waals surface area contributed by atoms with Crippen molar-refractivity contribution in [3.8, 4) is 0 Å². The predicted molar refractivity (Wildman–Crippen MR) is 65.6 cm³/mol. The van der Waals surface area contributed by atoms with Gasteiger partial charge in [0.15, 0.2) is 0 Å². The Labute approximate surface area is 99.1 Å². The molecular formula is C14H25NO. The molecule has 0 bridgehead atoms. The summed E-state index contributed by atoms with van der Waals surface area (Å²) in [4.78, 5) is 0. The first-order valence-electron chi connectivity index (χ1n) is 7.24. The summed E-state index contributed by atoms with van der Waals surface area (Å²) >= 11 is 0. The molecule has 0 unspecified atom stereocenters. The van der Waals surface area contributed by atoms with Crippen molar-refractivity contribution < 1.29 is 4.74 Å². The molecule has 2 heteroatoms. The van der Waals surface area contributed by atoms with E-state index < -0.39 is 0 Å². The molecule has 16 heavy (non-hydrogen) atoms. The third kappa shape index (κ3) is 2.02. The van der Waals surface area contributed by atoms with Gasteiger partial charge in [-0.1, -0.05) is 38.5 Å². The number of hydrogen-bond donors (Lipinski definition) is 1. The third-order valence-electron chi connectivity index (χ3n) is 4.86. The van der Waals surface area contributed by atoms with E-state index >= 15 is 0 Å². The number of morpholine rings is 1. The van der Waals surface area contributed by atoms with E-state index in [4.69, 9.17) is 4.74 Å². The second kappa shape index (κ2) is 4.30. The van der Waals surface area contributed by atoms with Gasteiger partial charge in [-0.25, -0.2) is 0 Å². The highest BCUT2D eigenvalue weighted by Gasteiger charge is 2.46. The molecule has 92 valence electrons.